The molecule has 0 radical (unpaired) electrons. The van der Waals surface area contributed by atoms with E-state index in [0.717, 1.165) is 37.4 Å². The predicted molar refractivity (Wildman–Crippen MR) is 84.0 cm³/mol. The van der Waals surface area contributed by atoms with Crippen LogP contribution in [-0.2, 0) is 9.53 Å². The summed E-state index contributed by atoms with van der Waals surface area (Å²) in [6, 6.07) is 0. The van der Waals surface area contributed by atoms with Gasteiger partial charge in [0.15, 0.2) is 0 Å². The first-order valence-electron chi connectivity index (χ1n) is 7.15. The average Bonchev–Trinajstić information content (AvgIpc) is 2.33. The van der Waals surface area contributed by atoms with Crippen molar-refractivity contribution in [3.63, 3.8) is 0 Å². The first-order chi connectivity index (χ1) is 9.19. The van der Waals surface area contributed by atoms with Gasteiger partial charge in [0.05, 0.1) is 0 Å². The normalized spacial score (nSPS) is 29.1. The lowest BCUT2D eigenvalue weighted by Crippen LogP contribution is -2.37. The predicted octanol–water partition coefficient (Wildman–Crippen LogP) is 4.61. The Labute approximate surface area is 126 Å². The highest BCUT2D eigenvalue weighted by molar-refractivity contribution is 8.12. The van der Waals surface area contributed by atoms with Gasteiger partial charge in [-0.1, -0.05) is 33.8 Å². The summed E-state index contributed by atoms with van der Waals surface area (Å²) in [6.45, 7) is 7.99. The lowest BCUT2D eigenvalue weighted by Gasteiger charge is -2.35. The van der Waals surface area contributed by atoms with E-state index in [0.29, 0.717) is 5.78 Å². The first-order valence-corrected chi connectivity index (χ1v) is 8.38. The maximum atomic E-state index is 12.6. The van der Waals surface area contributed by atoms with Crippen LogP contribution in [0.15, 0.2) is 12.2 Å². The molecule has 1 aliphatic carbocycles. The molecule has 0 saturated carbocycles. The summed E-state index contributed by atoms with van der Waals surface area (Å²) in [5.74, 6) is 0.314. The Hall–Kier alpha value is -0.770. The van der Waals surface area contributed by atoms with E-state index in [4.69, 9.17) is 4.74 Å². The van der Waals surface area contributed by atoms with Gasteiger partial charge in [0.2, 0.25) is 0 Å². The summed E-state index contributed by atoms with van der Waals surface area (Å²) in [5.41, 5.74) is -0.615. The molecule has 0 unspecified atom stereocenters. The van der Waals surface area contributed by atoms with Crippen LogP contribution in [0.2, 0.25) is 0 Å². The molecule has 0 N–H and O–H groups in total. The molecule has 0 aromatic heterocycles. The third-order valence-electron chi connectivity index (χ3n) is 3.78. The number of carbonyl (C=O) groups excluding carboxylic acids is 2. The van der Waals surface area contributed by atoms with Crippen LogP contribution in [-0.4, -0.2) is 23.4 Å². The first kappa shape index (κ1) is 17.3. The van der Waals surface area contributed by atoms with Crippen LogP contribution in [0.1, 0.15) is 53.4 Å². The molecule has 114 valence electrons. The summed E-state index contributed by atoms with van der Waals surface area (Å²) in [5, 5.41) is -0.242. The van der Waals surface area contributed by atoms with E-state index in [9.17, 15) is 9.59 Å². The summed E-state index contributed by atoms with van der Waals surface area (Å²) in [7, 11) is 0. The van der Waals surface area contributed by atoms with Gasteiger partial charge in [-0.15, -0.1) is 0 Å². The van der Waals surface area contributed by atoms with Crippen LogP contribution in [0, 0.1) is 10.8 Å². The molecule has 0 fully saturated rings. The molecule has 4 heteroatoms. The summed E-state index contributed by atoms with van der Waals surface area (Å²) >= 11 is 1.09. The molecule has 0 bridgehead atoms. The molecular formula is C16H26O3S. The van der Waals surface area contributed by atoms with Gasteiger partial charge in [-0.2, -0.15) is 0 Å². The zero-order valence-electron chi connectivity index (χ0n) is 13.2. The van der Waals surface area contributed by atoms with E-state index in [2.05, 4.69) is 6.92 Å². The molecular weight excluding hydrogens is 272 g/mol. The van der Waals surface area contributed by atoms with Gasteiger partial charge in [0, 0.05) is 10.8 Å². The number of Topliss-reactive ketones (excluding diaryl/α,β-unsaturated/α-hetero) is 1. The average molecular weight is 298 g/mol. The molecule has 0 saturated heterocycles. The number of rotatable bonds is 2. The molecule has 0 amide bonds. The van der Waals surface area contributed by atoms with Crippen molar-refractivity contribution in [3.8, 4) is 0 Å². The summed E-state index contributed by atoms with van der Waals surface area (Å²) < 4.78 is 5.32. The molecule has 3 nitrogen and oxygen atoms in total. The third kappa shape index (κ3) is 4.65. The zero-order valence-corrected chi connectivity index (χ0v) is 14.0. The Bertz CT molecular complexity index is 395. The van der Waals surface area contributed by atoms with Crippen LogP contribution >= 0.6 is 11.8 Å². The molecule has 0 aromatic rings. The number of ketones is 1. The van der Waals surface area contributed by atoms with Crippen molar-refractivity contribution in [1.82, 2.24) is 0 Å². The quantitative estimate of drug-likeness (QED) is 0.551. The van der Waals surface area contributed by atoms with Gasteiger partial charge >= 0.3 is 5.30 Å². The maximum absolute atomic E-state index is 12.6. The van der Waals surface area contributed by atoms with Gasteiger partial charge in [0.25, 0.3) is 0 Å². The Kier molecular flexibility index (Phi) is 5.87. The Balaban J connectivity index is 2.74. The number of hydrogen-bond donors (Lipinski definition) is 0. The van der Waals surface area contributed by atoms with Gasteiger partial charge < -0.3 is 4.74 Å². The van der Waals surface area contributed by atoms with Gasteiger partial charge in [-0.05, 0) is 49.8 Å². The van der Waals surface area contributed by atoms with Crippen molar-refractivity contribution in [3.05, 3.63) is 12.2 Å². The number of ether oxygens (including phenoxy) is 1. The fourth-order valence-electron chi connectivity index (χ4n) is 2.75. The topological polar surface area (TPSA) is 43.4 Å². The Morgan fingerprint density at radius 2 is 2.00 bits per heavy atom. The van der Waals surface area contributed by atoms with Crippen molar-refractivity contribution in [1.29, 1.82) is 0 Å². The van der Waals surface area contributed by atoms with E-state index in [-0.39, 0.29) is 22.2 Å². The van der Waals surface area contributed by atoms with Crippen molar-refractivity contribution in [2.45, 2.75) is 59.5 Å². The van der Waals surface area contributed by atoms with Crippen molar-refractivity contribution >= 4 is 22.8 Å². The second-order valence-corrected chi connectivity index (χ2v) is 7.52. The fourth-order valence-corrected chi connectivity index (χ4v) is 2.97. The van der Waals surface area contributed by atoms with Crippen molar-refractivity contribution in [2.24, 2.45) is 10.8 Å². The fraction of sp³-hybridized carbons (Fsp3) is 0.750. The number of carbonyl (C=O) groups is 2. The molecule has 20 heavy (non-hydrogen) atoms. The Morgan fingerprint density at radius 1 is 1.35 bits per heavy atom. The molecule has 0 spiro atoms. The van der Waals surface area contributed by atoms with Crippen molar-refractivity contribution < 1.29 is 14.3 Å². The minimum absolute atomic E-state index is 0.149. The SMILES string of the molecule is CSC(=O)O[C@@H]1/C=C/C[C@](C)(C(=O)C(C)(C)C)CCC1. The highest BCUT2D eigenvalue weighted by Gasteiger charge is 2.39. The highest BCUT2D eigenvalue weighted by atomic mass is 32.2. The van der Waals surface area contributed by atoms with E-state index < -0.39 is 0 Å². The number of hydrogen-bond acceptors (Lipinski definition) is 4. The van der Waals surface area contributed by atoms with Gasteiger partial charge in [-0.25, -0.2) is 4.79 Å². The standard InChI is InChI=1S/C16H26O3S/c1-15(2,3)13(17)16(4)10-6-8-12(9-7-11-16)19-14(18)20-5/h6,8,12H,7,9-11H2,1-5H3/b8-6+/t12-,16+/m1/s1. The molecule has 0 aliphatic heterocycles. The Morgan fingerprint density at radius 3 is 2.55 bits per heavy atom. The van der Waals surface area contributed by atoms with E-state index >= 15 is 0 Å². The second-order valence-electron chi connectivity index (χ2n) is 6.77. The van der Waals surface area contributed by atoms with Crippen LogP contribution in [0.4, 0.5) is 4.79 Å². The maximum Gasteiger partial charge on any atom is 0.367 e. The van der Waals surface area contributed by atoms with Crippen molar-refractivity contribution in [2.75, 3.05) is 6.26 Å². The molecule has 2 atom stereocenters. The highest BCUT2D eigenvalue weighted by Crippen LogP contribution is 2.38. The van der Waals surface area contributed by atoms with Crippen LogP contribution in [0.3, 0.4) is 0 Å². The van der Waals surface area contributed by atoms with Crippen LogP contribution < -0.4 is 0 Å². The monoisotopic (exact) mass is 298 g/mol. The lowest BCUT2D eigenvalue weighted by atomic mass is 9.68. The summed E-state index contributed by atoms with van der Waals surface area (Å²) in [4.78, 5) is 23.9. The zero-order chi connectivity index (χ0) is 15.4. The van der Waals surface area contributed by atoms with Gasteiger partial charge in [-0.3, -0.25) is 4.79 Å². The van der Waals surface area contributed by atoms with Crippen LogP contribution in [0.5, 0.6) is 0 Å². The smallest absolute Gasteiger partial charge is 0.367 e. The third-order valence-corrected chi connectivity index (χ3v) is 4.21. The number of allylic oxidation sites excluding steroid dienone is 1. The lowest BCUT2D eigenvalue weighted by molar-refractivity contribution is -0.136. The molecule has 0 heterocycles. The second kappa shape index (κ2) is 6.79. The molecule has 1 rings (SSSR count). The molecule has 1 aliphatic rings. The molecule has 0 aromatic carbocycles. The summed E-state index contributed by atoms with van der Waals surface area (Å²) in [6.07, 6.45) is 8.75. The van der Waals surface area contributed by atoms with Crippen LogP contribution in [0.25, 0.3) is 0 Å². The minimum Gasteiger partial charge on any atom is -0.450 e. The minimum atomic E-state index is -0.313. The van der Waals surface area contributed by atoms with E-state index in [1.165, 1.54) is 0 Å². The van der Waals surface area contributed by atoms with E-state index in [1.54, 1.807) is 6.26 Å². The van der Waals surface area contributed by atoms with Gasteiger partial charge in [0.1, 0.15) is 11.9 Å². The van der Waals surface area contributed by atoms with E-state index in [1.807, 2.05) is 32.9 Å². The largest absolute Gasteiger partial charge is 0.450 e. The number of thioether (sulfide) groups is 1.